The van der Waals surface area contributed by atoms with E-state index in [4.69, 9.17) is 14.2 Å². The molecule has 21 heavy (non-hydrogen) atoms. The summed E-state index contributed by atoms with van der Waals surface area (Å²) in [7, 11) is 0. The number of hydrogen-bond acceptors (Lipinski definition) is 3. The average Bonchev–Trinajstić information content (AvgIpc) is 2.79. The van der Waals surface area contributed by atoms with Crippen molar-refractivity contribution in [3.8, 4) is 0 Å². The molecule has 0 aromatic carbocycles. The maximum Gasteiger partial charge on any atom is 0.161 e. The molecule has 3 heteroatoms. The fraction of sp³-hybridized carbons (Fsp3) is 0.889. The number of ether oxygens (including phenoxy) is 3. The predicted octanol–water partition coefficient (Wildman–Crippen LogP) is 4.52. The van der Waals surface area contributed by atoms with Crippen LogP contribution in [0.2, 0.25) is 0 Å². The third kappa shape index (κ3) is 3.45. The Morgan fingerprint density at radius 3 is 2.43 bits per heavy atom. The number of rotatable bonds is 4. The maximum absolute atomic E-state index is 6.40. The Morgan fingerprint density at radius 2 is 1.86 bits per heavy atom. The summed E-state index contributed by atoms with van der Waals surface area (Å²) in [5.41, 5.74) is 0. The molecule has 0 aromatic heterocycles. The lowest BCUT2D eigenvalue weighted by Gasteiger charge is -2.40. The molecular formula is C18H32O3. The minimum Gasteiger partial charge on any atom is -0.492 e. The minimum atomic E-state index is -0.111. The van der Waals surface area contributed by atoms with Gasteiger partial charge in [0.05, 0.1) is 6.10 Å². The standard InChI is InChI=1S/C18H32O3/c1-7-14-10-11(4)12(5)18(19-14)21-17-13(6)15(8-2)20-16(17)9-3/h9,11-15,17-18H,7-8,10H2,1-6H3/b16-9+/t11-,12?,13?,14+,15-,17+,18?/m0/s1. The molecule has 2 rings (SSSR count). The lowest BCUT2D eigenvalue weighted by molar-refractivity contribution is -0.248. The second-order valence-electron chi connectivity index (χ2n) is 6.78. The molecular weight excluding hydrogens is 264 g/mol. The highest BCUT2D eigenvalue weighted by molar-refractivity contribution is 5.08. The molecule has 0 amide bonds. The Hall–Kier alpha value is -0.540. The predicted molar refractivity (Wildman–Crippen MR) is 84.9 cm³/mol. The summed E-state index contributed by atoms with van der Waals surface area (Å²) in [6.45, 7) is 13.2. The van der Waals surface area contributed by atoms with Crippen LogP contribution in [-0.4, -0.2) is 24.6 Å². The van der Waals surface area contributed by atoms with Gasteiger partial charge in [-0.2, -0.15) is 0 Å². The van der Waals surface area contributed by atoms with Crippen LogP contribution in [0.5, 0.6) is 0 Å². The lowest BCUT2D eigenvalue weighted by Crippen LogP contribution is -2.43. The van der Waals surface area contributed by atoms with Crippen molar-refractivity contribution in [2.45, 2.75) is 85.4 Å². The first kappa shape index (κ1) is 16.8. The van der Waals surface area contributed by atoms with Gasteiger partial charge in [0.1, 0.15) is 18.0 Å². The first-order chi connectivity index (χ1) is 10.0. The van der Waals surface area contributed by atoms with E-state index in [0.717, 1.165) is 25.0 Å². The molecule has 0 bridgehead atoms. The van der Waals surface area contributed by atoms with E-state index in [2.05, 4.69) is 34.6 Å². The molecule has 7 atom stereocenters. The molecule has 3 nitrogen and oxygen atoms in total. The van der Waals surface area contributed by atoms with E-state index in [-0.39, 0.29) is 18.5 Å². The molecule has 0 spiro atoms. The highest BCUT2D eigenvalue weighted by Crippen LogP contribution is 2.38. The fourth-order valence-electron chi connectivity index (χ4n) is 3.51. The topological polar surface area (TPSA) is 27.7 Å². The van der Waals surface area contributed by atoms with E-state index in [1.165, 1.54) is 0 Å². The Balaban J connectivity index is 2.08. The molecule has 2 fully saturated rings. The molecule has 2 heterocycles. The van der Waals surface area contributed by atoms with Crippen LogP contribution in [0.15, 0.2) is 11.8 Å². The third-order valence-corrected chi connectivity index (χ3v) is 5.34. The van der Waals surface area contributed by atoms with E-state index in [0.29, 0.717) is 23.9 Å². The van der Waals surface area contributed by atoms with E-state index >= 15 is 0 Å². The minimum absolute atomic E-state index is 0.0372. The van der Waals surface area contributed by atoms with Crippen LogP contribution in [0.25, 0.3) is 0 Å². The average molecular weight is 296 g/mol. The van der Waals surface area contributed by atoms with E-state index in [1.807, 2.05) is 13.0 Å². The van der Waals surface area contributed by atoms with Crippen molar-refractivity contribution >= 4 is 0 Å². The van der Waals surface area contributed by atoms with Crippen LogP contribution < -0.4 is 0 Å². The molecule has 3 unspecified atom stereocenters. The summed E-state index contributed by atoms with van der Waals surface area (Å²) in [5, 5.41) is 0. The van der Waals surface area contributed by atoms with Crippen molar-refractivity contribution in [3.63, 3.8) is 0 Å². The summed E-state index contributed by atoms with van der Waals surface area (Å²) in [6, 6.07) is 0. The Kier molecular flexibility index (Phi) is 5.73. The zero-order chi connectivity index (χ0) is 15.6. The van der Waals surface area contributed by atoms with Crippen molar-refractivity contribution in [3.05, 3.63) is 11.8 Å². The van der Waals surface area contributed by atoms with Gasteiger partial charge in [-0.05, 0) is 38.2 Å². The highest BCUT2D eigenvalue weighted by atomic mass is 16.7. The van der Waals surface area contributed by atoms with Crippen LogP contribution in [0.4, 0.5) is 0 Å². The zero-order valence-electron chi connectivity index (χ0n) is 14.5. The normalized spacial score (nSPS) is 45.8. The maximum atomic E-state index is 6.40. The van der Waals surface area contributed by atoms with E-state index in [9.17, 15) is 0 Å². The Bertz CT molecular complexity index is 365. The quantitative estimate of drug-likeness (QED) is 0.763. The molecule has 0 aromatic rings. The van der Waals surface area contributed by atoms with Crippen molar-refractivity contribution < 1.29 is 14.2 Å². The second kappa shape index (κ2) is 7.15. The summed E-state index contributed by atoms with van der Waals surface area (Å²) < 4.78 is 18.6. The van der Waals surface area contributed by atoms with Gasteiger partial charge in [0, 0.05) is 11.8 Å². The van der Waals surface area contributed by atoms with Crippen LogP contribution >= 0.6 is 0 Å². The lowest BCUT2D eigenvalue weighted by atomic mass is 9.86. The van der Waals surface area contributed by atoms with E-state index < -0.39 is 0 Å². The molecule has 0 N–H and O–H groups in total. The summed E-state index contributed by atoms with van der Waals surface area (Å²) >= 11 is 0. The van der Waals surface area contributed by atoms with Gasteiger partial charge in [0.25, 0.3) is 0 Å². The van der Waals surface area contributed by atoms with Gasteiger partial charge >= 0.3 is 0 Å². The molecule has 2 saturated heterocycles. The summed E-state index contributed by atoms with van der Waals surface area (Å²) in [5.74, 6) is 2.44. The molecule has 0 radical (unpaired) electrons. The SMILES string of the molecule is C/C=C1/O[C@@H](CC)C(C)[C@H]1OC1O[C@H](CC)C[C@H](C)C1C. The van der Waals surface area contributed by atoms with Gasteiger partial charge in [0.2, 0.25) is 0 Å². The van der Waals surface area contributed by atoms with Crippen molar-refractivity contribution in [2.75, 3.05) is 0 Å². The van der Waals surface area contributed by atoms with Crippen LogP contribution in [0.1, 0.15) is 60.8 Å². The van der Waals surface area contributed by atoms with Gasteiger partial charge in [-0.3, -0.25) is 0 Å². The highest BCUT2D eigenvalue weighted by Gasteiger charge is 2.42. The van der Waals surface area contributed by atoms with Gasteiger partial charge < -0.3 is 14.2 Å². The van der Waals surface area contributed by atoms with Crippen LogP contribution in [0, 0.1) is 17.8 Å². The number of hydrogen-bond donors (Lipinski definition) is 0. The van der Waals surface area contributed by atoms with Gasteiger partial charge in [-0.1, -0.05) is 34.6 Å². The Morgan fingerprint density at radius 1 is 1.14 bits per heavy atom. The monoisotopic (exact) mass is 296 g/mol. The third-order valence-electron chi connectivity index (χ3n) is 5.34. The Labute approximate surface area is 130 Å². The first-order valence-electron chi connectivity index (χ1n) is 8.65. The van der Waals surface area contributed by atoms with Crippen molar-refractivity contribution in [1.29, 1.82) is 0 Å². The first-order valence-corrected chi connectivity index (χ1v) is 8.65. The number of allylic oxidation sites excluding steroid dienone is 1. The van der Waals surface area contributed by atoms with Crippen molar-refractivity contribution in [2.24, 2.45) is 17.8 Å². The van der Waals surface area contributed by atoms with Gasteiger partial charge in [-0.15, -0.1) is 0 Å². The molecule has 0 aliphatic carbocycles. The zero-order valence-corrected chi connectivity index (χ0v) is 14.5. The molecule has 2 aliphatic rings. The summed E-state index contributed by atoms with van der Waals surface area (Å²) in [4.78, 5) is 0. The molecule has 2 aliphatic heterocycles. The smallest absolute Gasteiger partial charge is 0.161 e. The van der Waals surface area contributed by atoms with Crippen LogP contribution in [-0.2, 0) is 14.2 Å². The second-order valence-corrected chi connectivity index (χ2v) is 6.78. The fourth-order valence-corrected chi connectivity index (χ4v) is 3.51. The summed E-state index contributed by atoms with van der Waals surface area (Å²) in [6.07, 6.45) is 5.78. The van der Waals surface area contributed by atoms with E-state index in [1.54, 1.807) is 0 Å². The molecule has 0 saturated carbocycles. The largest absolute Gasteiger partial charge is 0.492 e. The molecule has 122 valence electrons. The van der Waals surface area contributed by atoms with Crippen molar-refractivity contribution in [1.82, 2.24) is 0 Å². The van der Waals surface area contributed by atoms with Gasteiger partial charge in [-0.25, -0.2) is 0 Å². The van der Waals surface area contributed by atoms with Crippen LogP contribution in [0.3, 0.4) is 0 Å². The van der Waals surface area contributed by atoms with Gasteiger partial charge in [0.15, 0.2) is 6.29 Å².